The first-order valence-electron chi connectivity index (χ1n) is 15.5. The van der Waals surface area contributed by atoms with Gasteiger partial charge in [0.05, 0.1) is 19.8 Å². The Bertz CT molecular complexity index is 1380. The topological polar surface area (TPSA) is 79.9 Å². The molecule has 1 saturated heterocycles. The number of rotatable bonds is 14. The standard InChI is InChI=1S/C35H42F3N3O4/c1-44-31-12-8-13-32(45-2)30(31)11-7-14-33(42)39-21-5-6-22-41-23-19-27(20-24-41)40-34(43)29-10-4-3-9-28(29)25-15-17-26(18-16-25)35(36,37)38/h3-4,8-10,12-13,15-18,27H,5-7,11,14,19-24H2,1-2H3,(H,39,42)(H,40,43). The number of hydrogen-bond acceptors (Lipinski definition) is 5. The molecule has 1 aliphatic rings. The average Bonchev–Trinajstić information content (AvgIpc) is 3.05. The zero-order valence-electron chi connectivity index (χ0n) is 25.9. The molecule has 0 unspecified atom stereocenters. The first kappa shape index (κ1) is 33.8. The van der Waals surface area contributed by atoms with Crippen molar-refractivity contribution in [3.63, 3.8) is 0 Å². The lowest BCUT2D eigenvalue weighted by molar-refractivity contribution is -0.137. The number of alkyl halides is 3. The van der Waals surface area contributed by atoms with E-state index < -0.39 is 11.7 Å². The van der Waals surface area contributed by atoms with Crippen LogP contribution in [0.15, 0.2) is 66.7 Å². The van der Waals surface area contributed by atoms with E-state index in [1.54, 1.807) is 38.5 Å². The van der Waals surface area contributed by atoms with E-state index >= 15 is 0 Å². The fourth-order valence-corrected chi connectivity index (χ4v) is 5.71. The average molecular weight is 626 g/mol. The molecule has 1 heterocycles. The number of carbonyl (C=O) groups is 2. The number of carbonyl (C=O) groups excluding carboxylic acids is 2. The summed E-state index contributed by atoms with van der Waals surface area (Å²) in [5.41, 5.74) is 1.86. The number of nitrogens with one attached hydrogen (secondary N) is 2. The van der Waals surface area contributed by atoms with Gasteiger partial charge in [-0.05, 0) is 86.5 Å². The van der Waals surface area contributed by atoms with Gasteiger partial charge in [0.1, 0.15) is 11.5 Å². The molecular formula is C35H42F3N3O4. The Morgan fingerprint density at radius 1 is 0.867 bits per heavy atom. The molecule has 242 valence electrons. The van der Waals surface area contributed by atoms with E-state index in [-0.39, 0.29) is 17.9 Å². The fraction of sp³-hybridized carbons (Fsp3) is 0.429. The van der Waals surface area contributed by atoms with Crippen LogP contribution in [-0.2, 0) is 17.4 Å². The third-order valence-corrected chi connectivity index (χ3v) is 8.20. The monoisotopic (exact) mass is 625 g/mol. The highest BCUT2D eigenvalue weighted by molar-refractivity contribution is 6.01. The first-order chi connectivity index (χ1) is 21.7. The molecule has 0 aromatic heterocycles. The second-order valence-electron chi connectivity index (χ2n) is 11.3. The molecule has 2 amide bonds. The molecule has 3 aromatic carbocycles. The Balaban J connectivity index is 1.13. The Morgan fingerprint density at radius 2 is 1.53 bits per heavy atom. The quantitative estimate of drug-likeness (QED) is 0.200. The third kappa shape index (κ3) is 9.72. The molecule has 1 aliphatic heterocycles. The lowest BCUT2D eigenvalue weighted by atomic mass is 9.97. The summed E-state index contributed by atoms with van der Waals surface area (Å²) >= 11 is 0. The van der Waals surface area contributed by atoms with Crippen LogP contribution >= 0.6 is 0 Å². The maximum Gasteiger partial charge on any atom is 0.416 e. The number of halogens is 3. The van der Waals surface area contributed by atoms with E-state index in [1.165, 1.54) is 12.1 Å². The van der Waals surface area contributed by atoms with Gasteiger partial charge in [-0.2, -0.15) is 13.2 Å². The molecule has 10 heteroatoms. The van der Waals surface area contributed by atoms with Crippen molar-refractivity contribution in [1.82, 2.24) is 15.5 Å². The van der Waals surface area contributed by atoms with E-state index in [1.807, 2.05) is 18.2 Å². The van der Waals surface area contributed by atoms with Gasteiger partial charge in [0.2, 0.25) is 5.91 Å². The largest absolute Gasteiger partial charge is 0.496 e. The molecule has 2 N–H and O–H groups in total. The molecular weight excluding hydrogens is 583 g/mol. The summed E-state index contributed by atoms with van der Waals surface area (Å²) in [5, 5.41) is 6.14. The van der Waals surface area contributed by atoms with E-state index in [2.05, 4.69) is 15.5 Å². The van der Waals surface area contributed by atoms with E-state index in [0.717, 1.165) is 74.5 Å². The smallest absolute Gasteiger partial charge is 0.416 e. The number of unbranched alkanes of at least 4 members (excludes halogenated alkanes) is 1. The summed E-state index contributed by atoms with van der Waals surface area (Å²) in [7, 11) is 3.26. The van der Waals surface area contributed by atoms with Crippen LogP contribution in [0.2, 0.25) is 0 Å². The van der Waals surface area contributed by atoms with Gasteiger partial charge >= 0.3 is 6.18 Å². The minimum absolute atomic E-state index is 0.0320. The molecule has 0 saturated carbocycles. The third-order valence-electron chi connectivity index (χ3n) is 8.20. The molecule has 0 atom stereocenters. The van der Waals surface area contributed by atoms with Crippen LogP contribution in [-0.4, -0.2) is 63.2 Å². The molecule has 1 fully saturated rings. The van der Waals surface area contributed by atoms with Gasteiger partial charge in [0.15, 0.2) is 0 Å². The van der Waals surface area contributed by atoms with Gasteiger partial charge in [0, 0.05) is 43.2 Å². The van der Waals surface area contributed by atoms with Crippen LogP contribution in [0.1, 0.15) is 60.0 Å². The summed E-state index contributed by atoms with van der Waals surface area (Å²) in [6.45, 7) is 3.30. The molecule has 0 spiro atoms. The summed E-state index contributed by atoms with van der Waals surface area (Å²) in [6.07, 6.45) is 0.935. The number of hydrogen-bond donors (Lipinski definition) is 2. The second kappa shape index (κ2) is 16.3. The van der Waals surface area contributed by atoms with Gasteiger partial charge in [0.25, 0.3) is 5.91 Å². The van der Waals surface area contributed by atoms with E-state index in [9.17, 15) is 22.8 Å². The van der Waals surface area contributed by atoms with Gasteiger partial charge in [-0.3, -0.25) is 9.59 Å². The SMILES string of the molecule is COc1cccc(OC)c1CCCC(=O)NCCCCN1CCC(NC(=O)c2ccccc2-c2ccc(C(F)(F)F)cc2)CC1. The van der Waals surface area contributed by atoms with Gasteiger partial charge in [-0.25, -0.2) is 0 Å². The number of methoxy groups -OCH3 is 2. The summed E-state index contributed by atoms with van der Waals surface area (Å²) in [6, 6.07) is 17.6. The predicted octanol–water partition coefficient (Wildman–Crippen LogP) is 6.50. The molecule has 0 bridgehead atoms. The minimum Gasteiger partial charge on any atom is -0.496 e. The predicted molar refractivity (Wildman–Crippen MR) is 169 cm³/mol. The van der Waals surface area contributed by atoms with Crippen molar-refractivity contribution in [3.8, 4) is 22.6 Å². The van der Waals surface area contributed by atoms with Crippen LogP contribution in [0.25, 0.3) is 11.1 Å². The Morgan fingerprint density at radius 3 is 2.18 bits per heavy atom. The Labute approximate surface area is 263 Å². The molecule has 7 nitrogen and oxygen atoms in total. The summed E-state index contributed by atoms with van der Waals surface area (Å²) in [4.78, 5) is 27.9. The number of benzene rings is 3. The molecule has 0 radical (unpaired) electrons. The van der Waals surface area contributed by atoms with Crippen molar-refractivity contribution >= 4 is 11.8 Å². The first-order valence-corrected chi connectivity index (χ1v) is 15.5. The van der Waals surface area contributed by atoms with Crippen molar-refractivity contribution in [2.75, 3.05) is 40.4 Å². The summed E-state index contributed by atoms with van der Waals surface area (Å²) < 4.78 is 49.8. The number of nitrogens with zero attached hydrogens (tertiary/aromatic N) is 1. The number of amides is 2. The Kier molecular flexibility index (Phi) is 12.3. The molecule has 45 heavy (non-hydrogen) atoms. The molecule has 4 rings (SSSR count). The number of piperidine rings is 1. The minimum atomic E-state index is -4.41. The fourth-order valence-electron chi connectivity index (χ4n) is 5.71. The van der Waals surface area contributed by atoms with Gasteiger partial charge in [-0.1, -0.05) is 36.4 Å². The van der Waals surface area contributed by atoms with E-state index in [4.69, 9.17) is 9.47 Å². The second-order valence-corrected chi connectivity index (χ2v) is 11.3. The van der Waals surface area contributed by atoms with Gasteiger partial charge in [-0.15, -0.1) is 0 Å². The van der Waals surface area contributed by atoms with Crippen molar-refractivity contribution in [2.45, 2.75) is 57.2 Å². The number of likely N-dealkylation sites (tertiary alicyclic amines) is 1. The maximum absolute atomic E-state index is 13.2. The highest BCUT2D eigenvalue weighted by Crippen LogP contribution is 2.32. The highest BCUT2D eigenvalue weighted by atomic mass is 19.4. The zero-order valence-corrected chi connectivity index (χ0v) is 25.9. The maximum atomic E-state index is 13.2. The van der Waals surface area contributed by atoms with E-state index in [0.29, 0.717) is 42.5 Å². The highest BCUT2D eigenvalue weighted by Gasteiger charge is 2.30. The van der Waals surface area contributed by atoms with Crippen LogP contribution in [0.4, 0.5) is 13.2 Å². The van der Waals surface area contributed by atoms with Crippen molar-refractivity contribution < 1.29 is 32.2 Å². The van der Waals surface area contributed by atoms with Crippen LogP contribution in [0, 0.1) is 0 Å². The van der Waals surface area contributed by atoms with Crippen molar-refractivity contribution in [1.29, 1.82) is 0 Å². The summed E-state index contributed by atoms with van der Waals surface area (Å²) in [5.74, 6) is 1.36. The van der Waals surface area contributed by atoms with Crippen molar-refractivity contribution in [3.05, 3.63) is 83.4 Å². The lowest BCUT2D eigenvalue weighted by Crippen LogP contribution is -2.45. The van der Waals surface area contributed by atoms with Crippen LogP contribution in [0.5, 0.6) is 11.5 Å². The van der Waals surface area contributed by atoms with Crippen molar-refractivity contribution in [2.24, 2.45) is 0 Å². The van der Waals surface area contributed by atoms with Crippen LogP contribution in [0.3, 0.4) is 0 Å². The zero-order chi connectivity index (χ0) is 32.2. The molecule has 3 aromatic rings. The van der Waals surface area contributed by atoms with Gasteiger partial charge < -0.3 is 25.0 Å². The number of ether oxygens (including phenoxy) is 2. The molecule has 0 aliphatic carbocycles. The van der Waals surface area contributed by atoms with Crippen LogP contribution < -0.4 is 20.1 Å². The normalized spacial score (nSPS) is 14.2. The lowest BCUT2D eigenvalue weighted by Gasteiger charge is -2.32. The Hall–Kier alpha value is -4.05.